The minimum Gasteiger partial charge on any atom is -0.326 e. The van der Waals surface area contributed by atoms with Crippen molar-refractivity contribution in [2.75, 3.05) is 5.32 Å². The van der Waals surface area contributed by atoms with Gasteiger partial charge in [-0.05, 0) is 29.7 Å². The fourth-order valence-corrected chi connectivity index (χ4v) is 2.63. The van der Waals surface area contributed by atoms with Gasteiger partial charge in [0.1, 0.15) is 6.29 Å². The Bertz CT molecular complexity index is 874. The Morgan fingerprint density at radius 2 is 2.16 bits per heavy atom. The van der Waals surface area contributed by atoms with E-state index >= 15 is 0 Å². The topological polar surface area (TPSA) is 98.7 Å². The number of aryl methyl sites for hydroxylation is 2. The van der Waals surface area contributed by atoms with E-state index in [9.17, 15) is 4.79 Å². The van der Waals surface area contributed by atoms with Gasteiger partial charge in [0.05, 0.1) is 17.6 Å². The highest BCUT2D eigenvalue weighted by molar-refractivity contribution is 5.63. The van der Waals surface area contributed by atoms with Gasteiger partial charge in [0.15, 0.2) is 0 Å². The lowest BCUT2D eigenvalue weighted by Gasteiger charge is -2.10. The van der Waals surface area contributed by atoms with Gasteiger partial charge in [0.2, 0.25) is 5.95 Å². The van der Waals surface area contributed by atoms with Crippen LogP contribution in [0.2, 0.25) is 0 Å². The Morgan fingerprint density at radius 3 is 2.88 bits per heavy atom. The minimum atomic E-state index is 0.450. The van der Waals surface area contributed by atoms with Crippen molar-refractivity contribution in [2.24, 2.45) is 12.8 Å². The second-order valence-corrected chi connectivity index (χ2v) is 5.69. The number of hydrogen-bond donors (Lipinski definition) is 2. The molecule has 0 saturated carbocycles. The third-order valence-corrected chi connectivity index (χ3v) is 3.87. The molecule has 1 aromatic carbocycles. The lowest BCUT2D eigenvalue weighted by atomic mass is 9.98. The number of carbonyl (C=O) groups is 1. The summed E-state index contributed by atoms with van der Waals surface area (Å²) in [7, 11) is 1.85. The van der Waals surface area contributed by atoms with Crippen LogP contribution >= 0.6 is 0 Å². The standard InChI is InChI=1S/C18H20N6O/c1-24-12-16(11-21-24)22-18-20-7-6-17(23-18)14-4-5-15(10-19)13(9-14)3-2-8-25/h4-9,11-12H,2-3,10,19H2,1H3,(H,20,22,23). The largest absolute Gasteiger partial charge is 0.326 e. The molecule has 0 unspecified atom stereocenters. The highest BCUT2D eigenvalue weighted by Crippen LogP contribution is 2.23. The van der Waals surface area contributed by atoms with E-state index in [0.29, 0.717) is 25.3 Å². The summed E-state index contributed by atoms with van der Waals surface area (Å²) in [5, 5.41) is 7.25. The predicted octanol–water partition coefficient (Wildman–Crippen LogP) is 2.21. The smallest absolute Gasteiger partial charge is 0.227 e. The quantitative estimate of drug-likeness (QED) is 0.642. The lowest BCUT2D eigenvalue weighted by Crippen LogP contribution is -2.03. The summed E-state index contributed by atoms with van der Waals surface area (Å²) >= 11 is 0. The van der Waals surface area contributed by atoms with E-state index in [1.54, 1.807) is 17.1 Å². The Hall–Kier alpha value is -3.06. The zero-order valence-electron chi connectivity index (χ0n) is 14.0. The second kappa shape index (κ2) is 7.67. The predicted molar refractivity (Wildman–Crippen MR) is 96.2 cm³/mol. The molecule has 7 heteroatoms. The molecule has 0 aliphatic rings. The average Bonchev–Trinajstić information content (AvgIpc) is 3.04. The SMILES string of the molecule is Cn1cc(Nc2nccc(-c3ccc(CN)c(CCC=O)c3)n2)cn1. The first-order valence-corrected chi connectivity index (χ1v) is 8.04. The summed E-state index contributed by atoms with van der Waals surface area (Å²) < 4.78 is 1.71. The van der Waals surface area contributed by atoms with Crippen LogP contribution in [-0.2, 0) is 24.8 Å². The van der Waals surface area contributed by atoms with Crippen LogP contribution in [-0.4, -0.2) is 26.0 Å². The van der Waals surface area contributed by atoms with Crippen molar-refractivity contribution in [3.8, 4) is 11.3 Å². The van der Waals surface area contributed by atoms with Crippen molar-refractivity contribution < 1.29 is 4.79 Å². The van der Waals surface area contributed by atoms with Crippen molar-refractivity contribution in [1.29, 1.82) is 0 Å². The summed E-state index contributed by atoms with van der Waals surface area (Å²) in [5.74, 6) is 0.503. The summed E-state index contributed by atoms with van der Waals surface area (Å²) in [4.78, 5) is 19.5. The normalized spacial score (nSPS) is 10.6. The van der Waals surface area contributed by atoms with Crippen LogP contribution < -0.4 is 11.1 Å². The number of rotatable bonds is 7. The highest BCUT2D eigenvalue weighted by Gasteiger charge is 2.08. The third-order valence-electron chi connectivity index (χ3n) is 3.87. The van der Waals surface area contributed by atoms with Gasteiger partial charge in [-0.2, -0.15) is 5.10 Å². The van der Waals surface area contributed by atoms with Gasteiger partial charge in [-0.15, -0.1) is 0 Å². The van der Waals surface area contributed by atoms with Crippen LogP contribution in [0, 0.1) is 0 Å². The molecule has 7 nitrogen and oxygen atoms in total. The first-order valence-electron chi connectivity index (χ1n) is 8.04. The molecule has 0 aliphatic carbocycles. The molecule has 0 fully saturated rings. The molecule has 3 rings (SSSR count). The van der Waals surface area contributed by atoms with Gasteiger partial charge in [0, 0.05) is 38.0 Å². The third kappa shape index (κ3) is 4.07. The summed E-state index contributed by atoms with van der Waals surface area (Å²) in [6.07, 6.45) is 7.35. The molecule has 0 bridgehead atoms. The van der Waals surface area contributed by atoms with Crippen LogP contribution in [0.15, 0.2) is 42.9 Å². The van der Waals surface area contributed by atoms with Crippen LogP contribution in [0.5, 0.6) is 0 Å². The Kier molecular flexibility index (Phi) is 5.15. The van der Waals surface area contributed by atoms with Gasteiger partial charge >= 0.3 is 0 Å². The molecule has 0 atom stereocenters. The molecule has 128 valence electrons. The molecule has 0 saturated heterocycles. The summed E-state index contributed by atoms with van der Waals surface area (Å²) in [5.41, 5.74) is 10.5. The molecule has 0 radical (unpaired) electrons. The van der Waals surface area contributed by atoms with E-state index in [4.69, 9.17) is 5.73 Å². The van der Waals surface area contributed by atoms with Gasteiger partial charge in [-0.3, -0.25) is 4.68 Å². The summed E-state index contributed by atoms with van der Waals surface area (Å²) in [6, 6.07) is 7.88. The number of benzene rings is 1. The fourth-order valence-electron chi connectivity index (χ4n) is 2.63. The van der Waals surface area contributed by atoms with Gasteiger partial charge in [-0.1, -0.05) is 12.1 Å². The number of aldehydes is 1. The van der Waals surface area contributed by atoms with E-state index < -0.39 is 0 Å². The molecular weight excluding hydrogens is 316 g/mol. The molecule has 3 aromatic rings. The van der Waals surface area contributed by atoms with Crippen molar-refractivity contribution >= 4 is 17.9 Å². The molecule has 2 heterocycles. The Labute approximate surface area is 145 Å². The van der Waals surface area contributed by atoms with Crippen molar-refractivity contribution in [3.05, 3.63) is 54.0 Å². The maximum atomic E-state index is 10.7. The molecule has 25 heavy (non-hydrogen) atoms. The van der Waals surface area contributed by atoms with E-state index in [1.807, 2.05) is 37.5 Å². The number of aromatic nitrogens is 4. The van der Waals surface area contributed by atoms with E-state index in [2.05, 4.69) is 20.4 Å². The Balaban J connectivity index is 1.88. The van der Waals surface area contributed by atoms with Gasteiger partial charge < -0.3 is 15.8 Å². The van der Waals surface area contributed by atoms with Crippen molar-refractivity contribution in [2.45, 2.75) is 19.4 Å². The van der Waals surface area contributed by atoms with Gasteiger partial charge in [-0.25, -0.2) is 9.97 Å². The zero-order chi connectivity index (χ0) is 17.6. The second-order valence-electron chi connectivity index (χ2n) is 5.69. The van der Waals surface area contributed by atoms with E-state index in [1.165, 1.54) is 0 Å². The van der Waals surface area contributed by atoms with Gasteiger partial charge in [0.25, 0.3) is 0 Å². The molecule has 2 aromatic heterocycles. The number of nitrogens with zero attached hydrogens (tertiary/aromatic N) is 4. The molecule has 0 amide bonds. The lowest BCUT2D eigenvalue weighted by molar-refractivity contribution is -0.107. The molecule has 0 spiro atoms. The highest BCUT2D eigenvalue weighted by atomic mass is 16.1. The van der Waals surface area contributed by atoms with Crippen molar-refractivity contribution in [3.63, 3.8) is 0 Å². The zero-order valence-corrected chi connectivity index (χ0v) is 14.0. The molecular formula is C18H20N6O. The fraction of sp³-hybridized carbons (Fsp3) is 0.222. The number of hydrogen-bond acceptors (Lipinski definition) is 6. The first-order chi connectivity index (χ1) is 12.2. The summed E-state index contributed by atoms with van der Waals surface area (Å²) in [6.45, 7) is 0.450. The maximum Gasteiger partial charge on any atom is 0.227 e. The average molecular weight is 336 g/mol. The minimum absolute atomic E-state index is 0.450. The van der Waals surface area contributed by atoms with E-state index in [-0.39, 0.29) is 0 Å². The Morgan fingerprint density at radius 1 is 1.28 bits per heavy atom. The number of nitrogens with two attached hydrogens (primary N) is 1. The number of carbonyl (C=O) groups excluding carboxylic acids is 1. The molecule has 3 N–H and O–H groups in total. The first kappa shape index (κ1) is 16.8. The van der Waals surface area contributed by atoms with Crippen LogP contribution in [0.4, 0.5) is 11.6 Å². The number of anilines is 2. The van der Waals surface area contributed by atoms with E-state index in [0.717, 1.165) is 34.4 Å². The van der Waals surface area contributed by atoms with Crippen LogP contribution in [0.1, 0.15) is 17.5 Å². The van der Waals surface area contributed by atoms with Crippen molar-refractivity contribution in [1.82, 2.24) is 19.7 Å². The monoisotopic (exact) mass is 336 g/mol. The molecule has 0 aliphatic heterocycles. The van der Waals surface area contributed by atoms with Crippen LogP contribution in [0.3, 0.4) is 0 Å². The maximum absolute atomic E-state index is 10.7. The number of nitrogens with one attached hydrogen (secondary N) is 1. The van der Waals surface area contributed by atoms with Crippen LogP contribution in [0.25, 0.3) is 11.3 Å².